The van der Waals surface area contributed by atoms with E-state index < -0.39 is 0 Å². The average Bonchev–Trinajstić information content (AvgIpc) is 2.30. The SMILES string of the molecule is C1=C\CC(NC23CC4CC(CC(C4)C2)C3)/C=C\CC/1. The number of rotatable bonds is 2. The maximum atomic E-state index is 4.09. The fourth-order valence-electron chi connectivity index (χ4n) is 5.68. The summed E-state index contributed by atoms with van der Waals surface area (Å²) in [4.78, 5) is 0. The van der Waals surface area contributed by atoms with E-state index in [2.05, 4.69) is 29.6 Å². The van der Waals surface area contributed by atoms with Gasteiger partial charge in [0.1, 0.15) is 0 Å². The molecule has 5 aliphatic rings. The molecule has 0 amide bonds. The molecule has 0 aromatic heterocycles. The van der Waals surface area contributed by atoms with Crippen LogP contribution < -0.4 is 5.32 Å². The maximum Gasteiger partial charge on any atom is 0.0289 e. The standard InChI is InChI=1S/C18H27N/c1-2-4-6-17(7-5-3-1)19-18-11-14-8-15(12-18)10-16(9-14)13-18/h2,4-5,7,14-17,19H,1,3,6,8-13H2/b4-2-,7-5-. The summed E-state index contributed by atoms with van der Waals surface area (Å²) in [5.74, 6) is 3.14. The lowest BCUT2D eigenvalue weighted by atomic mass is 9.53. The molecule has 1 heteroatoms. The van der Waals surface area contributed by atoms with Gasteiger partial charge in [0.15, 0.2) is 0 Å². The van der Waals surface area contributed by atoms with E-state index in [1.54, 1.807) is 19.3 Å². The summed E-state index contributed by atoms with van der Waals surface area (Å²) < 4.78 is 0. The zero-order valence-corrected chi connectivity index (χ0v) is 12.0. The Hall–Kier alpha value is -0.560. The van der Waals surface area contributed by atoms with Crippen molar-refractivity contribution in [2.24, 2.45) is 17.8 Å². The van der Waals surface area contributed by atoms with Gasteiger partial charge in [0.25, 0.3) is 0 Å². The minimum Gasteiger partial charge on any atom is -0.305 e. The predicted octanol–water partition coefficient (Wildman–Crippen LogP) is 4.21. The van der Waals surface area contributed by atoms with E-state index >= 15 is 0 Å². The molecule has 104 valence electrons. The Morgan fingerprint density at radius 3 is 2.11 bits per heavy atom. The van der Waals surface area contributed by atoms with Gasteiger partial charge < -0.3 is 5.32 Å². The quantitative estimate of drug-likeness (QED) is 0.731. The lowest BCUT2D eigenvalue weighted by Crippen LogP contribution is -2.60. The Kier molecular flexibility index (Phi) is 3.06. The minimum atomic E-state index is 0.511. The summed E-state index contributed by atoms with van der Waals surface area (Å²) in [5.41, 5.74) is 0.511. The van der Waals surface area contributed by atoms with E-state index in [1.165, 1.54) is 38.5 Å². The zero-order chi connectivity index (χ0) is 12.7. The second kappa shape index (κ2) is 4.77. The third-order valence-electron chi connectivity index (χ3n) is 5.95. The Morgan fingerprint density at radius 1 is 0.789 bits per heavy atom. The highest BCUT2D eigenvalue weighted by molar-refractivity contribution is 5.11. The van der Waals surface area contributed by atoms with Gasteiger partial charge in [-0.1, -0.05) is 24.3 Å². The van der Waals surface area contributed by atoms with Crippen LogP contribution in [0, 0.1) is 17.8 Å². The largest absolute Gasteiger partial charge is 0.305 e. The molecule has 0 aromatic rings. The van der Waals surface area contributed by atoms with E-state index in [9.17, 15) is 0 Å². The third kappa shape index (κ3) is 2.42. The first-order chi connectivity index (χ1) is 9.31. The molecule has 4 fully saturated rings. The average molecular weight is 257 g/mol. The summed E-state index contributed by atoms with van der Waals surface area (Å²) in [6, 6.07) is 0.591. The normalized spacial score (nSPS) is 51.6. The van der Waals surface area contributed by atoms with Crippen LogP contribution in [0.4, 0.5) is 0 Å². The molecule has 5 rings (SSSR count). The van der Waals surface area contributed by atoms with Crippen molar-refractivity contribution in [1.82, 2.24) is 5.32 Å². The number of hydrogen-bond donors (Lipinski definition) is 1. The molecular formula is C18H27N. The van der Waals surface area contributed by atoms with Gasteiger partial charge in [-0.15, -0.1) is 0 Å². The second-order valence-corrected chi connectivity index (χ2v) is 7.66. The number of allylic oxidation sites excluding steroid dienone is 2. The number of hydrogen-bond acceptors (Lipinski definition) is 1. The summed E-state index contributed by atoms with van der Waals surface area (Å²) >= 11 is 0. The van der Waals surface area contributed by atoms with Gasteiger partial charge in [0.2, 0.25) is 0 Å². The highest BCUT2D eigenvalue weighted by atomic mass is 15.0. The maximum absolute atomic E-state index is 4.09. The van der Waals surface area contributed by atoms with Crippen LogP contribution in [0.2, 0.25) is 0 Å². The highest BCUT2D eigenvalue weighted by Gasteiger charge is 2.51. The third-order valence-corrected chi connectivity index (χ3v) is 5.95. The van der Waals surface area contributed by atoms with Gasteiger partial charge >= 0.3 is 0 Å². The van der Waals surface area contributed by atoms with Gasteiger partial charge in [0, 0.05) is 11.6 Å². The van der Waals surface area contributed by atoms with Gasteiger partial charge in [0.05, 0.1) is 0 Å². The molecule has 1 atom stereocenters. The van der Waals surface area contributed by atoms with Gasteiger partial charge in [-0.2, -0.15) is 0 Å². The van der Waals surface area contributed by atoms with Crippen LogP contribution in [-0.4, -0.2) is 11.6 Å². The van der Waals surface area contributed by atoms with Crippen molar-refractivity contribution < 1.29 is 0 Å². The Balaban J connectivity index is 1.49. The van der Waals surface area contributed by atoms with Crippen molar-refractivity contribution in [2.45, 2.75) is 69.4 Å². The van der Waals surface area contributed by atoms with Crippen molar-refractivity contribution in [2.75, 3.05) is 0 Å². The molecule has 4 saturated carbocycles. The smallest absolute Gasteiger partial charge is 0.0289 e. The Labute approximate surface area is 117 Å². The van der Waals surface area contributed by atoms with E-state index in [0.29, 0.717) is 11.6 Å². The second-order valence-electron chi connectivity index (χ2n) is 7.66. The van der Waals surface area contributed by atoms with E-state index in [0.717, 1.165) is 17.8 Å². The predicted molar refractivity (Wildman–Crippen MR) is 80.0 cm³/mol. The summed E-state index contributed by atoms with van der Waals surface area (Å²) in [5, 5.41) is 4.09. The first kappa shape index (κ1) is 12.2. The zero-order valence-electron chi connectivity index (χ0n) is 12.0. The van der Waals surface area contributed by atoms with E-state index in [-0.39, 0.29) is 0 Å². The molecule has 4 bridgehead atoms. The summed E-state index contributed by atoms with van der Waals surface area (Å²) in [7, 11) is 0. The fourth-order valence-corrected chi connectivity index (χ4v) is 5.68. The van der Waals surface area contributed by atoms with Crippen molar-refractivity contribution in [1.29, 1.82) is 0 Å². The highest BCUT2D eigenvalue weighted by Crippen LogP contribution is 2.55. The lowest BCUT2D eigenvalue weighted by molar-refractivity contribution is -0.0227. The Bertz CT molecular complexity index is 357. The molecule has 0 spiro atoms. The van der Waals surface area contributed by atoms with Crippen molar-refractivity contribution in [3.63, 3.8) is 0 Å². The Morgan fingerprint density at radius 2 is 1.42 bits per heavy atom. The van der Waals surface area contributed by atoms with Gasteiger partial charge in [-0.25, -0.2) is 0 Å². The molecule has 0 aliphatic heterocycles. The minimum absolute atomic E-state index is 0.511. The molecule has 0 radical (unpaired) electrons. The van der Waals surface area contributed by atoms with Crippen LogP contribution >= 0.6 is 0 Å². The van der Waals surface area contributed by atoms with Crippen LogP contribution in [-0.2, 0) is 0 Å². The molecule has 0 saturated heterocycles. The number of nitrogens with one attached hydrogen (secondary N) is 1. The fraction of sp³-hybridized carbons (Fsp3) is 0.778. The monoisotopic (exact) mass is 257 g/mol. The molecule has 19 heavy (non-hydrogen) atoms. The summed E-state index contributed by atoms with van der Waals surface area (Å²) in [6.07, 6.45) is 22.2. The molecule has 0 heterocycles. The van der Waals surface area contributed by atoms with Crippen LogP contribution in [0.1, 0.15) is 57.8 Å². The molecule has 1 N–H and O–H groups in total. The molecule has 1 nitrogen and oxygen atoms in total. The van der Waals surface area contributed by atoms with Crippen molar-refractivity contribution >= 4 is 0 Å². The van der Waals surface area contributed by atoms with Crippen LogP contribution in [0.3, 0.4) is 0 Å². The topological polar surface area (TPSA) is 12.0 Å². The lowest BCUT2D eigenvalue weighted by Gasteiger charge is -2.58. The molecule has 0 aromatic carbocycles. The van der Waals surface area contributed by atoms with Crippen LogP contribution in [0.25, 0.3) is 0 Å². The van der Waals surface area contributed by atoms with E-state index in [4.69, 9.17) is 0 Å². The van der Waals surface area contributed by atoms with Gasteiger partial charge in [-0.3, -0.25) is 0 Å². The summed E-state index contributed by atoms with van der Waals surface area (Å²) in [6.45, 7) is 0. The molecule has 5 aliphatic carbocycles. The molecular weight excluding hydrogens is 230 g/mol. The van der Waals surface area contributed by atoms with Crippen molar-refractivity contribution in [3.8, 4) is 0 Å². The van der Waals surface area contributed by atoms with Gasteiger partial charge in [-0.05, 0) is 75.5 Å². The van der Waals surface area contributed by atoms with Crippen molar-refractivity contribution in [3.05, 3.63) is 24.3 Å². The van der Waals surface area contributed by atoms with E-state index in [1.807, 2.05) is 0 Å². The first-order valence-corrected chi connectivity index (χ1v) is 8.41. The van der Waals surface area contributed by atoms with Crippen LogP contribution in [0.15, 0.2) is 24.3 Å². The molecule has 1 unspecified atom stereocenters. The first-order valence-electron chi connectivity index (χ1n) is 8.41. The van der Waals surface area contributed by atoms with Crippen LogP contribution in [0.5, 0.6) is 0 Å².